The summed E-state index contributed by atoms with van der Waals surface area (Å²) in [5.41, 5.74) is 3.94. The number of hydrogen-bond acceptors (Lipinski definition) is 6. The predicted molar refractivity (Wildman–Crippen MR) is 152 cm³/mol. The minimum absolute atomic E-state index is 0.0156. The summed E-state index contributed by atoms with van der Waals surface area (Å²) >= 11 is 0. The van der Waals surface area contributed by atoms with Gasteiger partial charge in [0.15, 0.2) is 0 Å². The molecule has 3 fully saturated rings. The summed E-state index contributed by atoms with van der Waals surface area (Å²) < 4.78 is 44.1. The molecule has 39 heavy (non-hydrogen) atoms. The van der Waals surface area contributed by atoms with Crippen molar-refractivity contribution >= 4 is 16.2 Å². The zero-order valence-electron chi connectivity index (χ0n) is 23.7. The van der Waals surface area contributed by atoms with Gasteiger partial charge < -0.3 is 14.6 Å². The van der Waals surface area contributed by atoms with Crippen LogP contribution in [0.25, 0.3) is 6.08 Å². The molecule has 0 unspecified atom stereocenters. The fourth-order valence-corrected chi connectivity index (χ4v) is 8.28. The first-order valence-corrected chi connectivity index (χ1v) is 15.7. The van der Waals surface area contributed by atoms with Crippen molar-refractivity contribution in [3.05, 3.63) is 69.8 Å². The molecule has 2 aromatic rings. The largest absolute Gasteiger partial charge is 0.382 e. The zero-order valence-corrected chi connectivity index (χ0v) is 24.5. The van der Waals surface area contributed by atoms with Crippen LogP contribution >= 0.6 is 0 Å². The minimum atomic E-state index is -3.88. The van der Waals surface area contributed by atoms with Gasteiger partial charge in [-0.1, -0.05) is 41.5 Å². The van der Waals surface area contributed by atoms with E-state index in [0.717, 1.165) is 48.8 Å². The van der Waals surface area contributed by atoms with Crippen molar-refractivity contribution in [2.24, 2.45) is 0 Å². The average molecular weight is 555 g/mol. The molecule has 3 aliphatic rings. The molecule has 2 spiro atoms. The lowest BCUT2D eigenvalue weighted by atomic mass is 9.57. The van der Waals surface area contributed by atoms with E-state index in [9.17, 15) is 13.5 Å². The van der Waals surface area contributed by atoms with E-state index >= 15 is 0 Å². The second kappa shape index (κ2) is 10.7. The van der Waals surface area contributed by atoms with Gasteiger partial charge in [-0.15, -0.1) is 0 Å². The van der Waals surface area contributed by atoms with Crippen LogP contribution in [0, 0.1) is 27.7 Å². The zero-order chi connectivity index (χ0) is 27.9. The van der Waals surface area contributed by atoms with E-state index in [1.165, 1.54) is 16.7 Å². The maximum Gasteiger partial charge on any atom is 0.296 e. The first-order chi connectivity index (χ1) is 18.5. The van der Waals surface area contributed by atoms with Crippen LogP contribution in [-0.4, -0.2) is 50.1 Å². The quantitative estimate of drug-likeness (QED) is 0.328. The first-order valence-electron chi connectivity index (χ1n) is 14.3. The predicted octanol–water partition coefficient (Wildman–Crippen LogP) is 6.11. The monoisotopic (exact) mass is 554 g/mol. The van der Waals surface area contributed by atoms with E-state index in [1.807, 2.05) is 6.92 Å². The van der Waals surface area contributed by atoms with Gasteiger partial charge in [-0.25, -0.2) is 0 Å². The number of rotatable bonds is 7. The SMILES string of the molecule is Cc1ccc(S(=O)(=O)OCCC[C@@]2(O)/C(=C/c3c(C)cc(C)cc3C)CC[C@@]3(CCCO3)[C@@]23CCCO3)cc1. The van der Waals surface area contributed by atoms with E-state index in [1.54, 1.807) is 24.3 Å². The van der Waals surface area contributed by atoms with Crippen LogP contribution in [0.1, 0.15) is 79.2 Å². The molecule has 1 aliphatic carbocycles. The van der Waals surface area contributed by atoms with Gasteiger partial charge in [-0.3, -0.25) is 4.18 Å². The third-order valence-electron chi connectivity index (χ3n) is 9.15. The normalized spacial score (nSPS) is 30.1. The van der Waals surface area contributed by atoms with Crippen LogP contribution < -0.4 is 0 Å². The molecule has 0 aromatic heterocycles. The van der Waals surface area contributed by atoms with Crippen molar-refractivity contribution in [2.75, 3.05) is 19.8 Å². The standard InChI is InChI=1S/C32H42O6S/c1-23-8-10-28(11-9-23)39(34,35)38-19-6-14-31(33)27(22-29-25(3)20-24(2)21-26(29)4)12-16-30(13-5-17-36-30)32(31)15-7-18-37-32/h8-11,20-22,33H,5-7,12-19H2,1-4H3/b27-22+/t30-,31+,32-/m0/s1. The van der Waals surface area contributed by atoms with Crippen molar-refractivity contribution in [3.8, 4) is 0 Å². The second-order valence-corrected chi connectivity index (χ2v) is 13.4. The summed E-state index contributed by atoms with van der Waals surface area (Å²) in [6.45, 7) is 9.48. The molecule has 1 saturated carbocycles. The molecule has 2 heterocycles. The van der Waals surface area contributed by atoms with E-state index in [-0.39, 0.29) is 11.5 Å². The lowest BCUT2D eigenvalue weighted by Gasteiger charge is -2.58. The Morgan fingerprint density at radius 1 is 0.923 bits per heavy atom. The van der Waals surface area contributed by atoms with Gasteiger partial charge in [0.1, 0.15) is 16.8 Å². The molecule has 2 aromatic carbocycles. The molecule has 0 radical (unpaired) electrons. The summed E-state index contributed by atoms with van der Waals surface area (Å²) in [4.78, 5) is 0.143. The molecule has 1 N–H and O–H groups in total. The second-order valence-electron chi connectivity index (χ2n) is 11.8. The van der Waals surface area contributed by atoms with Crippen molar-refractivity contribution < 1.29 is 27.2 Å². The molecule has 2 aliphatic heterocycles. The average Bonchev–Trinajstić information content (AvgIpc) is 3.57. The van der Waals surface area contributed by atoms with Crippen molar-refractivity contribution in [2.45, 2.75) is 101 Å². The Hall–Kier alpha value is -2.03. The summed E-state index contributed by atoms with van der Waals surface area (Å²) in [6, 6.07) is 11.0. The maximum atomic E-state index is 12.8. The van der Waals surface area contributed by atoms with E-state index in [2.05, 4.69) is 39.0 Å². The van der Waals surface area contributed by atoms with Gasteiger partial charge in [0, 0.05) is 13.2 Å². The lowest BCUT2D eigenvalue weighted by Crippen LogP contribution is -2.70. The fourth-order valence-electron chi connectivity index (χ4n) is 7.34. The van der Waals surface area contributed by atoms with Crippen LogP contribution in [0.2, 0.25) is 0 Å². The van der Waals surface area contributed by atoms with Crippen LogP contribution in [0.5, 0.6) is 0 Å². The number of aliphatic hydroxyl groups is 1. The topological polar surface area (TPSA) is 82.1 Å². The molecule has 0 amide bonds. The summed E-state index contributed by atoms with van der Waals surface area (Å²) in [6.07, 6.45) is 7.78. The Morgan fingerprint density at radius 3 is 2.21 bits per heavy atom. The molecule has 7 heteroatoms. The molecule has 6 nitrogen and oxygen atoms in total. The number of aryl methyl sites for hydroxylation is 4. The highest BCUT2D eigenvalue weighted by molar-refractivity contribution is 7.86. The molecule has 3 atom stereocenters. The first kappa shape index (κ1) is 28.5. The van der Waals surface area contributed by atoms with Gasteiger partial charge in [0.2, 0.25) is 0 Å². The lowest BCUT2D eigenvalue weighted by molar-refractivity contribution is -0.257. The fraction of sp³-hybridized carbons (Fsp3) is 0.562. The van der Waals surface area contributed by atoms with Crippen LogP contribution in [0.4, 0.5) is 0 Å². The van der Waals surface area contributed by atoms with Crippen molar-refractivity contribution in [3.63, 3.8) is 0 Å². The Bertz CT molecular complexity index is 1310. The number of benzene rings is 2. The Labute approximate surface area is 233 Å². The van der Waals surface area contributed by atoms with Gasteiger partial charge in [0.25, 0.3) is 10.1 Å². The highest BCUT2D eigenvalue weighted by Gasteiger charge is 2.69. The van der Waals surface area contributed by atoms with Gasteiger partial charge >= 0.3 is 0 Å². The number of fused-ring (bicyclic) bond motifs is 1. The van der Waals surface area contributed by atoms with E-state index < -0.39 is 26.9 Å². The molecule has 2 saturated heterocycles. The summed E-state index contributed by atoms with van der Waals surface area (Å²) in [5.74, 6) is 0. The number of ether oxygens (including phenoxy) is 2. The molecular formula is C32H42O6S. The molecule has 5 rings (SSSR count). The molecular weight excluding hydrogens is 512 g/mol. The van der Waals surface area contributed by atoms with Gasteiger partial charge in [-0.2, -0.15) is 8.42 Å². The van der Waals surface area contributed by atoms with E-state index in [4.69, 9.17) is 13.7 Å². The summed E-state index contributed by atoms with van der Waals surface area (Å²) in [7, 11) is -3.88. The Balaban J connectivity index is 1.47. The van der Waals surface area contributed by atoms with Crippen LogP contribution in [0.15, 0.2) is 46.9 Å². The Morgan fingerprint density at radius 2 is 1.59 bits per heavy atom. The van der Waals surface area contributed by atoms with Gasteiger partial charge in [-0.05, 0) is 113 Å². The number of hydrogen-bond donors (Lipinski definition) is 1. The van der Waals surface area contributed by atoms with Gasteiger partial charge in [0.05, 0.1) is 11.5 Å². The minimum Gasteiger partial charge on any atom is -0.382 e. The van der Waals surface area contributed by atoms with Crippen molar-refractivity contribution in [1.82, 2.24) is 0 Å². The molecule has 212 valence electrons. The summed E-state index contributed by atoms with van der Waals surface area (Å²) in [5, 5.41) is 12.8. The highest BCUT2D eigenvalue weighted by Crippen LogP contribution is 2.60. The Kier molecular flexibility index (Phi) is 7.85. The smallest absolute Gasteiger partial charge is 0.296 e. The van der Waals surface area contributed by atoms with Crippen LogP contribution in [-0.2, 0) is 23.8 Å². The van der Waals surface area contributed by atoms with Crippen molar-refractivity contribution in [1.29, 1.82) is 0 Å². The molecule has 0 bridgehead atoms. The maximum absolute atomic E-state index is 12.8. The van der Waals surface area contributed by atoms with E-state index in [0.29, 0.717) is 32.5 Å². The highest BCUT2D eigenvalue weighted by atomic mass is 32.2. The van der Waals surface area contributed by atoms with Crippen LogP contribution in [0.3, 0.4) is 0 Å². The third-order valence-corrected chi connectivity index (χ3v) is 10.5. The third kappa shape index (κ3) is 5.02.